The molecule has 0 aliphatic carbocycles. The summed E-state index contributed by atoms with van der Waals surface area (Å²) in [5, 5.41) is 0.987. The quantitative estimate of drug-likeness (QED) is 0.883. The van der Waals surface area contributed by atoms with Crippen LogP contribution in [0, 0.1) is 6.92 Å². The highest BCUT2D eigenvalue weighted by Gasteiger charge is 2.07. The van der Waals surface area contributed by atoms with Crippen molar-refractivity contribution in [1.82, 2.24) is 9.55 Å². The number of rotatable bonds is 4. The van der Waals surface area contributed by atoms with E-state index in [1.54, 1.807) is 11.8 Å². The van der Waals surface area contributed by atoms with Crippen LogP contribution in [0.5, 0.6) is 0 Å². The van der Waals surface area contributed by atoms with Gasteiger partial charge in [-0.2, -0.15) is 0 Å². The van der Waals surface area contributed by atoms with E-state index in [-0.39, 0.29) is 0 Å². The number of hydrogen-bond donors (Lipinski definition) is 1. The minimum Gasteiger partial charge on any atom is -0.330 e. The highest BCUT2D eigenvalue weighted by Crippen LogP contribution is 2.24. The standard InChI is InChI=1S/C12H14BrN3S/c1-9-8-10(13)2-3-11(9)16-6-5-15-12(16)17-7-4-14/h2-3,5-6,8H,4,7,14H2,1H3. The van der Waals surface area contributed by atoms with E-state index in [0.29, 0.717) is 6.54 Å². The van der Waals surface area contributed by atoms with Crippen molar-refractivity contribution in [3.8, 4) is 5.69 Å². The van der Waals surface area contributed by atoms with Crippen LogP contribution in [0.15, 0.2) is 40.2 Å². The summed E-state index contributed by atoms with van der Waals surface area (Å²) in [6.07, 6.45) is 3.80. The third-order valence-electron chi connectivity index (χ3n) is 2.37. The molecule has 0 saturated carbocycles. The van der Waals surface area contributed by atoms with Crippen LogP contribution in [0.3, 0.4) is 0 Å². The van der Waals surface area contributed by atoms with Gasteiger partial charge in [0.1, 0.15) is 0 Å². The molecule has 17 heavy (non-hydrogen) atoms. The minimum atomic E-state index is 0.664. The van der Waals surface area contributed by atoms with Crippen LogP contribution in [0.4, 0.5) is 0 Å². The van der Waals surface area contributed by atoms with Crippen molar-refractivity contribution in [3.63, 3.8) is 0 Å². The van der Waals surface area contributed by atoms with Crippen molar-refractivity contribution in [2.75, 3.05) is 12.3 Å². The van der Waals surface area contributed by atoms with Gasteiger partial charge in [0, 0.05) is 29.2 Å². The molecule has 0 amide bonds. The van der Waals surface area contributed by atoms with Gasteiger partial charge >= 0.3 is 0 Å². The van der Waals surface area contributed by atoms with Crippen LogP contribution in [0.25, 0.3) is 5.69 Å². The molecule has 0 atom stereocenters. The summed E-state index contributed by atoms with van der Waals surface area (Å²) < 4.78 is 3.19. The lowest BCUT2D eigenvalue weighted by molar-refractivity contribution is 0.886. The Morgan fingerprint density at radius 2 is 2.29 bits per heavy atom. The lowest BCUT2D eigenvalue weighted by Gasteiger charge is -2.10. The van der Waals surface area contributed by atoms with E-state index >= 15 is 0 Å². The maximum atomic E-state index is 5.52. The number of thioether (sulfide) groups is 1. The molecule has 2 N–H and O–H groups in total. The fourth-order valence-corrected chi connectivity index (χ4v) is 2.83. The number of benzene rings is 1. The number of nitrogens with zero attached hydrogens (tertiary/aromatic N) is 2. The Morgan fingerprint density at radius 3 is 3.00 bits per heavy atom. The zero-order valence-corrected chi connectivity index (χ0v) is 12.0. The lowest BCUT2D eigenvalue weighted by atomic mass is 10.2. The molecule has 1 heterocycles. The predicted octanol–water partition coefficient (Wildman–Crippen LogP) is 2.99. The fourth-order valence-electron chi connectivity index (χ4n) is 1.62. The van der Waals surface area contributed by atoms with Crippen molar-refractivity contribution in [3.05, 3.63) is 40.6 Å². The van der Waals surface area contributed by atoms with Gasteiger partial charge in [-0.05, 0) is 30.7 Å². The SMILES string of the molecule is Cc1cc(Br)ccc1-n1ccnc1SCCN. The average Bonchev–Trinajstić information content (AvgIpc) is 2.74. The van der Waals surface area contributed by atoms with Crippen molar-refractivity contribution in [2.24, 2.45) is 5.73 Å². The van der Waals surface area contributed by atoms with Crippen LogP contribution in [-0.2, 0) is 0 Å². The molecule has 2 rings (SSSR count). The van der Waals surface area contributed by atoms with E-state index in [9.17, 15) is 0 Å². The Morgan fingerprint density at radius 1 is 1.47 bits per heavy atom. The molecular weight excluding hydrogens is 298 g/mol. The average molecular weight is 312 g/mol. The molecule has 0 spiro atoms. The Balaban J connectivity index is 2.35. The number of imidazole rings is 1. The number of hydrogen-bond acceptors (Lipinski definition) is 3. The summed E-state index contributed by atoms with van der Waals surface area (Å²) in [6, 6.07) is 6.24. The first kappa shape index (κ1) is 12.7. The summed E-state index contributed by atoms with van der Waals surface area (Å²) in [6.45, 7) is 2.76. The number of aromatic nitrogens is 2. The first-order valence-corrected chi connectivity index (χ1v) is 7.13. The Hall–Kier alpha value is -0.780. The van der Waals surface area contributed by atoms with Crippen LogP contribution in [0.1, 0.15) is 5.56 Å². The monoisotopic (exact) mass is 311 g/mol. The van der Waals surface area contributed by atoms with E-state index in [4.69, 9.17) is 5.73 Å². The van der Waals surface area contributed by atoms with Crippen LogP contribution in [0.2, 0.25) is 0 Å². The van der Waals surface area contributed by atoms with Gasteiger partial charge in [-0.15, -0.1) is 0 Å². The zero-order valence-electron chi connectivity index (χ0n) is 9.56. The molecule has 0 aliphatic heterocycles. The van der Waals surface area contributed by atoms with Gasteiger partial charge in [0.25, 0.3) is 0 Å². The largest absolute Gasteiger partial charge is 0.330 e. The second-order valence-corrected chi connectivity index (χ2v) is 5.63. The second kappa shape index (κ2) is 5.71. The highest BCUT2D eigenvalue weighted by molar-refractivity contribution is 9.10. The smallest absolute Gasteiger partial charge is 0.172 e. The van der Waals surface area contributed by atoms with E-state index < -0.39 is 0 Å². The van der Waals surface area contributed by atoms with E-state index in [2.05, 4.69) is 44.5 Å². The first-order valence-electron chi connectivity index (χ1n) is 5.35. The summed E-state index contributed by atoms with van der Waals surface area (Å²) in [7, 11) is 0. The molecule has 0 fully saturated rings. The van der Waals surface area contributed by atoms with Crippen LogP contribution in [-0.4, -0.2) is 21.8 Å². The Kier molecular flexibility index (Phi) is 4.25. The van der Waals surface area contributed by atoms with Gasteiger partial charge in [-0.3, -0.25) is 4.57 Å². The van der Waals surface area contributed by atoms with Gasteiger partial charge < -0.3 is 5.73 Å². The molecule has 90 valence electrons. The molecule has 0 saturated heterocycles. The highest BCUT2D eigenvalue weighted by atomic mass is 79.9. The van der Waals surface area contributed by atoms with E-state index in [0.717, 1.165) is 21.1 Å². The summed E-state index contributed by atoms with van der Waals surface area (Å²) in [4.78, 5) is 4.35. The normalized spacial score (nSPS) is 10.8. The number of aryl methyl sites for hydroxylation is 1. The maximum absolute atomic E-state index is 5.52. The lowest BCUT2D eigenvalue weighted by Crippen LogP contribution is -2.03. The number of halogens is 1. The fraction of sp³-hybridized carbons (Fsp3) is 0.250. The predicted molar refractivity (Wildman–Crippen MR) is 75.8 cm³/mol. The molecule has 0 unspecified atom stereocenters. The summed E-state index contributed by atoms with van der Waals surface area (Å²) in [5.41, 5.74) is 7.89. The summed E-state index contributed by atoms with van der Waals surface area (Å²) in [5.74, 6) is 0.882. The molecule has 5 heteroatoms. The van der Waals surface area contributed by atoms with E-state index in [1.165, 1.54) is 5.56 Å². The van der Waals surface area contributed by atoms with Crippen molar-refractivity contribution in [1.29, 1.82) is 0 Å². The van der Waals surface area contributed by atoms with Crippen LogP contribution < -0.4 is 5.73 Å². The van der Waals surface area contributed by atoms with Gasteiger partial charge in [0.15, 0.2) is 5.16 Å². The molecule has 0 bridgehead atoms. The minimum absolute atomic E-state index is 0.664. The van der Waals surface area contributed by atoms with Crippen molar-refractivity contribution < 1.29 is 0 Å². The van der Waals surface area contributed by atoms with Gasteiger partial charge in [-0.1, -0.05) is 27.7 Å². The van der Waals surface area contributed by atoms with Crippen LogP contribution >= 0.6 is 27.7 Å². The topological polar surface area (TPSA) is 43.8 Å². The molecule has 0 aliphatic rings. The molecule has 0 radical (unpaired) electrons. The molecule has 2 aromatic rings. The van der Waals surface area contributed by atoms with Crippen molar-refractivity contribution >= 4 is 27.7 Å². The third-order valence-corrected chi connectivity index (χ3v) is 3.87. The van der Waals surface area contributed by atoms with Gasteiger partial charge in [0.05, 0.1) is 5.69 Å². The summed E-state index contributed by atoms with van der Waals surface area (Å²) >= 11 is 5.15. The first-order chi connectivity index (χ1) is 8.22. The third kappa shape index (κ3) is 2.91. The Labute approximate surface area is 114 Å². The molecule has 3 nitrogen and oxygen atoms in total. The Bertz CT molecular complexity index is 510. The zero-order chi connectivity index (χ0) is 12.3. The maximum Gasteiger partial charge on any atom is 0.172 e. The van der Waals surface area contributed by atoms with Crippen molar-refractivity contribution in [2.45, 2.75) is 12.1 Å². The molecule has 1 aromatic carbocycles. The van der Waals surface area contributed by atoms with Gasteiger partial charge in [0.2, 0.25) is 0 Å². The number of nitrogens with two attached hydrogens (primary N) is 1. The molecule has 1 aromatic heterocycles. The van der Waals surface area contributed by atoms with E-state index in [1.807, 2.05) is 18.5 Å². The molecular formula is C12H14BrN3S. The second-order valence-electron chi connectivity index (χ2n) is 3.65. The van der Waals surface area contributed by atoms with Gasteiger partial charge in [-0.25, -0.2) is 4.98 Å².